The number of piperidine rings is 1. The number of phenolic OH excluding ortho intramolecular Hbond substituents is 1. The first-order valence-electron chi connectivity index (χ1n) is 8.94. The van der Waals surface area contributed by atoms with Crippen LogP contribution in [-0.2, 0) is 11.8 Å². The Morgan fingerprint density at radius 1 is 1.44 bits per heavy atom. The summed E-state index contributed by atoms with van der Waals surface area (Å²) in [5, 5.41) is 32.9. The van der Waals surface area contributed by atoms with Gasteiger partial charge in [-0.25, -0.2) is 0 Å². The molecule has 3 N–H and O–H groups in total. The first kappa shape index (κ1) is 15.4. The molecule has 6 atom stereocenters. The summed E-state index contributed by atoms with van der Waals surface area (Å²) in [6.07, 6.45) is 5.42. The van der Waals surface area contributed by atoms with Gasteiger partial charge in [0.05, 0.1) is 25.6 Å². The van der Waals surface area contributed by atoms with Crippen molar-refractivity contribution in [1.29, 1.82) is 0 Å². The van der Waals surface area contributed by atoms with Crippen molar-refractivity contribution in [2.45, 2.75) is 42.1 Å². The van der Waals surface area contributed by atoms with Crippen molar-refractivity contribution in [2.75, 3.05) is 20.1 Å². The van der Waals surface area contributed by atoms with Gasteiger partial charge in [-0.3, -0.25) is 0 Å². The van der Waals surface area contributed by atoms with Crippen LogP contribution in [0.25, 0.3) is 0 Å². The minimum atomic E-state index is -1.11. The van der Waals surface area contributed by atoms with Gasteiger partial charge < -0.3 is 24.5 Å². The lowest BCUT2D eigenvalue weighted by atomic mass is 9.50. The molecule has 1 unspecified atom stereocenters. The summed E-state index contributed by atoms with van der Waals surface area (Å²) < 4.78 is 6.79. The molecule has 4 aliphatic rings. The zero-order valence-corrected chi connectivity index (χ0v) is 14.4. The summed E-state index contributed by atoms with van der Waals surface area (Å²) in [4.78, 5) is 0. The molecule has 1 aromatic carbocycles. The molecule has 2 aliphatic carbocycles. The van der Waals surface area contributed by atoms with Crippen molar-refractivity contribution in [3.8, 4) is 11.5 Å². The van der Waals surface area contributed by atoms with Crippen LogP contribution in [0.15, 0.2) is 36.9 Å². The van der Waals surface area contributed by atoms with Crippen LogP contribution in [0, 0.1) is 0 Å². The number of likely N-dealkylation sites (N-methyl/N-ethyl adjacent to an activating group) is 1. The topological polar surface area (TPSA) is 69.9 Å². The maximum Gasteiger partial charge on any atom is 0.165 e. The molecule has 0 aromatic heterocycles. The van der Waals surface area contributed by atoms with E-state index in [0.717, 1.165) is 24.2 Å². The average molecular weight is 342 g/mol. The molecule has 1 aromatic rings. The van der Waals surface area contributed by atoms with Crippen molar-refractivity contribution in [3.63, 3.8) is 0 Å². The Balaban J connectivity index is 1.83. The largest absolute Gasteiger partial charge is 0.504 e. The number of aromatic hydroxyl groups is 1. The highest BCUT2D eigenvalue weighted by atomic mass is 16.5. The molecule has 0 radical (unpaired) electrons. The highest BCUT2D eigenvalue weighted by Crippen LogP contribution is 2.64. The number of nitrogens with zero attached hydrogens (tertiary/aromatic N) is 1. The van der Waals surface area contributed by atoms with Gasteiger partial charge in [0.2, 0.25) is 0 Å². The van der Waals surface area contributed by atoms with Gasteiger partial charge in [0, 0.05) is 18.4 Å². The van der Waals surface area contributed by atoms with E-state index >= 15 is 0 Å². The van der Waals surface area contributed by atoms with Gasteiger partial charge in [0.1, 0.15) is 23.9 Å². The van der Waals surface area contributed by atoms with Gasteiger partial charge in [-0.2, -0.15) is 0 Å². The lowest BCUT2D eigenvalue weighted by molar-refractivity contribution is -0.942. The summed E-state index contributed by atoms with van der Waals surface area (Å²) in [6.45, 7) is 5.56. The van der Waals surface area contributed by atoms with Crippen LogP contribution in [0.5, 0.6) is 11.5 Å². The third-order valence-electron chi connectivity index (χ3n) is 7.21. The van der Waals surface area contributed by atoms with Crippen LogP contribution in [0.4, 0.5) is 0 Å². The number of rotatable bonds is 2. The fraction of sp³-hybridized carbons (Fsp3) is 0.500. The molecule has 1 saturated heterocycles. The molecule has 2 heterocycles. The lowest BCUT2D eigenvalue weighted by Crippen LogP contribution is -2.79. The fourth-order valence-electron chi connectivity index (χ4n) is 6.08. The van der Waals surface area contributed by atoms with E-state index < -0.39 is 23.2 Å². The van der Waals surface area contributed by atoms with Gasteiger partial charge in [0.25, 0.3) is 0 Å². The summed E-state index contributed by atoms with van der Waals surface area (Å²) in [5.41, 5.74) is 0.204. The number of quaternary nitrogens is 1. The Morgan fingerprint density at radius 2 is 2.24 bits per heavy atom. The molecule has 1 spiro atoms. The third-order valence-corrected chi connectivity index (χ3v) is 7.21. The number of ether oxygens (including phenoxy) is 1. The molecule has 25 heavy (non-hydrogen) atoms. The number of aliphatic hydroxyl groups excluding tert-OH is 1. The van der Waals surface area contributed by atoms with E-state index in [0.29, 0.717) is 23.1 Å². The van der Waals surface area contributed by atoms with Crippen LogP contribution in [0.3, 0.4) is 0 Å². The first-order chi connectivity index (χ1) is 11.9. The smallest absolute Gasteiger partial charge is 0.165 e. The van der Waals surface area contributed by atoms with E-state index in [1.807, 2.05) is 12.1 Å². The monoisotopic (exact) mass is 342 g/mol. The van der Waals surface area contributed by atoms with Crippen molar-refractivity contribution in [2.24, 2.45) is 0 Å². The summed E-state index contributed by atoms with van der Waals surface area (Å²) in [6, 6.07) is 3.57. The highest BCUT2D eigenvalue weighted by molar-refractivity contribution is 5.63. The van der Waals surface area contributed by atoms with Gasteiger partial charge in [-0.15, -0.1) is 0 Å². The molecule has 5 nitrogen and oxygen atoms in total. The Hall–Kier alpha value is -1.82. The molecule has 5 rings (SSSR count). The Bertz CT molecular complexity index is 820. The number of likely N-dealkylation sites (tertiary alicyclic amines) is 1. The first-order valence-corrected chi connectivity index (χ1v) is 8.94. The quantitative estimate of drug-likeness (QED) is 0.554. The molecular weight excluding hydrogens is 318 g/mol. The molecular formula is C20H24NO4+. The standard InChI is InChI=1S/C20H23NO4/c1-3-9-21(2)10-8-19-16-12-4-5-13(22)17(16)25-18(19)14(23)6-7-20(19,24)15(21)11-12/h3-7,14-15,18,23-24H,1,8-11H2,2H3/p+1/t14-,15+,18-,19-,20+,21?/m0/s1. The van der Waals surface area contributed by atoms with Crippen molar-refractivity contribution in [1.82, 2.24) is 0 Å². The van der Waals surface area contributed by atoms with E-state index in [-0.39, 0.29) is 11.8 Å². The van der Waals surface area contributed by atoms with E-state index in [1.54, 1.807) is 18.2 Å². The number of aliphatic hydroxyl groups is 2. The summed E-state index contributed by atoms with van der Waals surface area (Å²) >= 11 is 0. The maximum atomic E-state index is 12.0. The minimum Gasteiger partial charge on any atom is -0.504 e. The highest BCUT2D eigenvalue weighted by Gasteiger charge is 2.75. The van der Waals surface area contributed by atoms with E-state index in [1.165, 1.54) is 0 Å². The number of phenols is 1. The molecule has 132 valence electrons. The van der Waals surface area contributed by atoms with Crippen LogP contribution in [0.1, 0.15) is 17.5 Å². The molecule has 0 amide bonds. The Kier molecular flexibility index (Phi) is 2.76. The van der Waals surface area contributed by atoms with Gasteiger partial charge in [-0.05, 0) is 23.8 Å². The summed E-state index contributed by atoms with van der Waals surface area (Å²) in [7, 11) is 2.17. The van der Waals surface area contributed by atoms with E-state index in [9.17, 15) is 15.3 Å². The number of hydrogen-bond donors (Lipinski definition) is 3. The minimum absolute atomic E-state index is 0.0444. The van der Waals surface area contributed by atoms with Crippen LogP contribution < -0.4 is 4.74 Å². The normalized spacial score (nSPS) is 45.6. The van der Waals surface area contributed by atoms with Gasteiger partial charge >= 0.3 is 0 Å². The Morgan fingerprint density at radius 3 is 3.00 bits per heavy atom. The second-order valence-electron chi connectivity index (χ2n) is 8.28. The molecule has 0 saturated carbocycles. The van der Waals surface area contributed by atoms with Crippen molar-refractivity contribution in [3.05, 3.63) is 48.1 Å². The second-order valence-corrected chi connectivity index (χ2v) is 8.28. The molecule has 2 bridgehead atoms. The van der Waals surface area contributed by atoms with Crippen LogP contribution in [0.2, 0.25) is 0 Å². The number of benzene rings is 1. The molecule has 2 aliphatic heterocycles. The van der Waals surface area contributed by atoms with E-state index in [4.69, 9.17) is 4.74 Å². The zero-order valence-electron chi connectivity index (χ0n) is 14.4. The predicted molar refractivity (Wildman–Crippen MR) is 92.5 cm³/mol. The number of hydrogen-bond acceptors (Lipinski definition) is 4. The van der Waals surface area contributed by atoms with Crippen LogP contribution in [-0.4, -0.2) is 63.8 Å². The van der Waals surface area contributed by atoms with Gasteiger partial charge in [-0.1, -0.05) is 18.7 Å². The molecule has 5 heteroatoms. The Labute approximate surface area is 147 Å². The SMILES string of the molecule is C=CC[N+]1(C)CC[C@]23c4c5ccc(O)c4O[C@H]2[C@@H](O)C=C[C@@]3(O)[C@H]1C5. The maximum absolute atomic E-state index is 12.0. The van der Waals surface area contributed by atoms with E-state index in [2.05, 4.69) is 13.6 Å². The average Bonchev–Trinajstić information content (AvgIpc) is 2.93. The predicted octanol–water partition coefficient (Wildman–Crippen LogP) is 1.01. The fourth-order valence-corrected chi connectivity index (χ4v) is 6.08. The lowest BCUT2D eigenvalue weighted by Gasteiger charge is -2.63. The van der Waals surface area contributed by atoms with Crippen molar-refractivity contribution < 1.29 is 24.5 Å². The second kappa shape index (κ2) is 4.47. The zero-order chi connectivity index (χ0) is 17.6. The van der Waals surface area contributed by atoms with Gasteiger partial charge in [0.15, 0.2) is 11.5 Å². The molecule has 1 fully saturated rings. The van der Waals surface area contributed by atoms with Crippen molar-refractivity contribution >= 4 is 0 Å². The summed E-state index contributed by atoms with van der Waals surface area (Å²) in [5.74, 6) is 0.534. The van der Waals surface area contributed by atoms with Crippen LogP contribution >= 0.6 is 0 Å². The third kappa shape index (κ3) is 1.52.